The summed E-state index contributed by atoms with van der Waals surface area (Å²) in [5, 5.41) is 57.4. The van der Waals surface area contributed by atoms with E-state index in [1.54, 1.807) is 10.6 Å². The van der Waals surface area contributed by atoms with E-state index < -0.39 is 42.2 Å². The summed E-state index contributed by atoms with van der Waals surface area (Å²) < 4.78 is 21.0. The Labute approximate surface area is 280 Å². The second kappa shape index (κ2) is 13.4. The maximum atomic E-state index is 10.3. The molecule has 6 heterocycles. The van der Waals surface area contributed by atoms with Crippen molar-refractivity contribution in [1.29, 1.82) is 10.5 Å². The number of rotatable bonds is 7. The van der Waals surface area contributed by atoms with Crippen LogP contribution in [0.4, 0.5) is 11.6 Å². The maximum absolute atomic E-state index is 10.3. The largest absolute Gasteiger partial charge is 0.394 e. The molecule has 49 heavy (non-hydrogen) atoms. The van der Waals surface area contributed by atoms with Crippen LogP contribution in [0, 0.1) is 28.6 Å². The SMILES string of the molecule is CC[C@H]1O[C@@](C#N)(c2ccc3c(N)ncnn23)[C@H](OCc2ccccc2)[C@@H]1C.N#C[C@@]1(c2ccc3c(N)ncnn23)O[C@H](CO)[C@@H](O)[C@H]1O. The number of nitrogens with two attached hydrogens (primary N) is 2. The fourth-order valence-electron chi connectivity index (χ4n) is 6.61. The summed E-state index contributed by atoms with van der Waals surface area (Å²) in [5.41, 5.74) is 11.5. The van der Waals surface area contributed by atoms with Crippen LogP contribution in [0.2, 0.25) is 0 Å². The van der Waals surface area contributed by atoms with Gasteiger partial charge in [-0.15, -0.1) is 0 Å². The molecule has 5 aromatic rings. The lowest BCUT2D eigenvalue weighted by atomic mass is 9.87. The van der Waals surface area contributed by atoms with Gasteiger partial charge in [0.05, 0.1) is 30.7 Å². The highest BCUT2D eigenvalue weighted by Gasteiger charge is 2.58. The third kappa shape index (κ3) is 5.50. The Morgan fingerprint density at radius 3 is 1.92 bits per heavy atom. The van der Waals surface area contributed by atoms with Gasteiger partial charge in [-0.3, -0.25) is 0 Å². The third-order valence-electron chi connectivity index (χ3n) is 9.17. The van der Waals surface area contributed by atoms with E-state index >= 15 is 0 Å². The molecule has 0 spiro atoms. The highest BCUT2D eigenvalue weighted by molar-refractivity contribution is 5.67. The molecule has 2 saturated heterocycles. The maximum Gasteiger partial charge on any atom is 0.225 e. The van der Waals surface area contributed by atoms with Gasteiger partial charge in [0.1, 0.15) is 60.2 Å². The summed E-state index contributed by atoms with van der Waals surface area (Å²) in [6.45, 7) is 4.00. The van der Waals surface area contributed by atoms with Crippen LogP contribution in [-0.2, 0) is 32.0 Å². The molecule has 7 rings (SSSR count). The van der Waals surface area contributed by atoms with Gasteiger partial charge in [-0.25, -0.2) is 19.0 Å². The molecule has 16 nitrogen and oxygen atoms in total. The van der Waals surface area contributed by atoms with Crippen LogP contribution >= 0.6 is 0 Å². The number of hydrogen-bond acceptors (Lipinski definition) is 14. The van der Waals surface area contributed by atoms with E-state index in [9.17, 15) is 25.8 Å². The molecule has 4 aromatic heterocycles. The van der Waals surface area contributed by atoms with E-state index in [2.05, 4.69) is 40.1 Å². The van der Waals surface area contributed by atoms with Gasteiger partial charge in [0.2, 0.25) is 11.2 Å². The molecule has 2 aliphatic rings. The predicted molar refractivity (Wildman–Crippen MR) is 173 cm³/mol. The molecule has 0 amide bonds. The van der Waals surface area contributed by atoms with Crippen molar-refractivity contribution >= 4 is 22.7 Å². The molecule has 2 fully saturated rings. The van der Waals surface area contributed by atoms with Gasteiger partial charge in [0.15, 0.2) is 11.6 Å². The lowest BCUT2D eigenvalue weighted by Gasteiger charge is -2.28. The number of aliphatic hydroxyl groups excluding tert-OH is 3. The minimum absolute atomic E-state index is 0.0399. The average Bonchev–Trinajstić information content (AvgIpc) is 3.88. The fourth-order valence-corrected chi connectivity index (χ4v) is 6.61. The predicted octanol–water partition coefficient (Wildman–Crippen LogP) is 1.20. The Morgan fingerprint density at radius 2 is 1.41 bits per heavy atom. The van der Waals surface area contributed by atoms with Crippen LogP contribution < -0.4 is 11.5 Å². The van der Waals surface area contributed by atoms with Crippen molar-refractivity contribution in [2.45, 2.75) is 68.6 Å². The summed E-state index contributed by atoms with van der Waals surface area (Å²) in [4.78, 5) is 7.86. The Kier molecular flexibility index (Phi) is 9.19. The van der Waals surface area contributed by atoms with Crippen LogP contribution in [0.25, 0.3) is 11.0 Å². The van der Waals surface area contributed by atoms with Gasteiger partial charge in [-0.2, -0.15) is 20.7 Å². The Balaban J connectivity index is 0.000000177. The first kappa shape index (κ1) is 33.7. The van der Waals surface area contributed by atoms with E-state index in [-0.39, 0.29) is 23.5 Å². The number of nitriles is 2. The molecular formula is C33H36N10O6. The van der Waals surface area contributed by atoms with E-state index in [4.69, 9.17) is 25.7 Å². The molecule has 254 valence electrons. The molecule has 1 aromatic carbocycles. The summed E-state index contributed by atoms with van der Waals surface area (Å²) in [7, 11) is 0. The number of nitrogen functional groups attached to an aromatic ring is 2. The molecule has 0 bridgehead atoms. The summed E-state index contributed by atoms with van der Waals surface area (Å²) >= 11 is 0. The van der Waals surface area contributed by atoms with E-state index in [0.29, 0.717) is 29.2 Å². The van der Waals surface area contributed by atoms with Crippen molar-refractivity contribution in [3.05, 3.63) is 84.2 Å². The highest BCUT2D eigenvalue weighted by atomic mass is 16.6. The van der Waals surface area contributed by atoms with Crippen molar-refractivity contribution in [1.82, 2.24) is 29.2 Å². The Hall–Kier alpha value is -5.20. The van der Waals surface area contributed by atoms with Gasteiger partial charge < -0.3 is 41.0 Å². The van der Waals surface area contributed by atoms with Crippen LogP contribution in [0.3, 0.4) is 0 Å². The van der Waals surface area contributed by atoms with E-state index in [1.165, 1.54) is 23.2 Å². The quantitative estimate of drug-likeness (QED) is 0.164. The van der Waals surface area contributed by atoms with Crippen LogP contribution in [0.15, 0.2) is 67.3 Å². The summed E-state index contributed by atoms with van der Waals surface area (Å²) in [5.74, 6) is 0.600. The first-order chi connectivity index (χ1) is 23.6. The summed E-state index contributed by atoms with van der Waals surface area (Å²) in [6, 6.07) is 20.9. The Morgan fingerprint density at radius 1 is 0.857 bits per heavy atom. The first-order valence-corrected chi connectivity index (χ1v) is 15.6. The third-order valence-corrected chi connectivity index (χ3v) is 9.17. The molecule has 2 aliphatic heterocycles. The van der Waals surface area contributed by atoms with E-state index in [0.717, 1.165) is 12.0 Å². The smallest absolute Gasteiger partial charge is 0.225 e. The molecule has 0 aliphatic carbocycles. The highest BCUT2D eigenvalue weighted by Crippen LogP contribution is 2.46. The van der Waals surface area contributed by atoms with Crippen LogP contribution in [-0.4, -0.2) is 81.6 Å². The number of aromatic nitrogens is 6. The lowest BCUT2D eigenvalue weighted by molar-refractivity contribution is -0.0817. The van der Waals surface area contributed by atoms with Gasteiger partial charge in [-0.1, -0.05) is 44.2 Å². The van der Waals surface area contributed by atoms with Crippen molar-refractivity contribution in [2.24, 2.45) is 5.92 Å². The zero-order chi connectivity index (χ0) is 34.9. The number of anilines is 2. The monoisotopic (exact) mass is 668 g/mol. The number of ether oxygens (including phenoxy) is 3. The van der Waals surface area contributed by atoms with Crippen molar-refractivity contribution < 1.29 is 29.5 Å². The molecule has 0 unspecified atom stereocenters. The first-order valence-electron chi connectivity index (χ1n) is 15.6. The minimum Gasteiger partial charge on any atom is -0.394 e. The number of hydrogen-bond donors (Lipinski definition) is 5. The molecule has 16 heteroatoms. The topological polar surface area (TPSA) is 248 Å². The molecule has 8 atom stereocenters. The van der Waals surface area contributed by atoms with Crippen LogP contribution in [0.1, 0.15) is 37.2 Å². The zero-order valence-corrected chi connectivity index (χ0v) is 26.7. The second-order valence-electron chi connectivity index (χ2n) is 11.9. The zero-order valence-electron chi connectivity index (χ0n) is 26.7. The lowest BCUT2D eigenvalue weighted by Crippen LogP contribution is -2.40. The standard InChI is InChI=1S/C21H23N5O2.C12H13N5O4/c1-3-17-14(2)19(27-11-15-7-5-4-6-8-15)21(12-22,28-17)18-10-9-16-20(23)24-13-25-26(16)18;13-4-12(10(20)9(19)7(3-18)21-12)8-2-1-6-11(14)15-5-16-17(6)8/h4-10,13-14,17,19H,3,11H2,1-2H3,(H2,23,24,25);1-2,5,7,9-10,18-20H,3H2,(H2,14,15,16)/t14-,17-,19-,21+;7-,9-,10-,12+/m11/s1. The van der Waals surface area contributed by atoms with Gasteiger partial charge in [0.25, 0.3) is 0 Å². The number of nitrogens with zero attached hydrogens (tertiary/aromatic N) is 8. The fraction of sp³-hybridized carbons (Fsp3) is 0.394. The molecule has 7 N–H and O–H groups in total. The summed E-state index contributed by atoms with van der Waals surface area (Å²) in [6.07, 6.45) is -1.15. The number of fused-ring (bicyclic) bond motifs is 2. The minimum atomic E-state index is -1.85. The van der Waals surface area contributed by atoms with E-state index in [1.807, 2.05) is 48.5 Å². The molecule has 0 saturated carbocycles. The Bertz CT molecular complexity index is 2030. The van der Waals surface area contributed by atoms with Crippen LogP contribution in [0.5, 0.6) is 0 Å². The number of aliphatic hydroxyl groups is 3. The van der Waals surface area contributed by atoms with Crippen molar-refractivity contribution in [3.63, 3.8) is 0 Å². The molecular weight excluding hydrogens is 632 g/mol. The normalized spacial score (nSPS) is 29.4. The van der Waals surface area contributed by atoms with Gasteiger partial charge in [0, 0.05) is 5.92 Å². The molecule has 0 radical (unpaired) electrons. The second-order valence-corrected chi connectivity index (χ2v) is 11.9. The van der Waals surface area contributed by atoms with Crippen molar-refractivity contribution in [3.8, 4) is 12.1 Å². The number of benzene rings is 1. The average molecular weight is 669 g/mol. The van der Waals surface area contributed by atoms with Gasteiger partial charge in [-0.05, 0) is 36.2 Å². The van der Waals surface area contributed by atoms with Gasteiger partial charge >= 0.3 is 0 Å². The van der Waals surface area contributed by atoms with Crippen molar-refractivity contribution in [2.75, 3.05) is 18.1 Å².